The summed E-state index contributed by atoms with van der Waals surface area (Å²) < 4.78 is 0. The van der Waals surface area contributed by atoms with Crippen LogP contribution in [0, 0.1) is 0 Å². The van der Waals surface area contributed by atoms with Crippen LogP contribution < -0.4 is 0 Å². The molecule has 0 saturated heterocycles. The minimum atomic E-state index is -1.13. The Morgan fingerprint density at radius 2 is 1.14 bits per heavy atom. The molecule has 28 heavy (non-hydrogen) atoms. The van der Waals surface area contributed by atoms with Crippen LogP contribution in [0.3, 0.4) is 0 Å². The summed E-state index contributed by atoms with van der Waals surface area (Å²) in [7, 11) is 0. The van der Waals surface area contributed by atoms with Crippen molar-refractivity contribution in [2.24, 2.45) is 0 Å². The highest BCUT2D eigenvalue weighted by Crippen LogP contribution is 2.49. The lowest BCUT2D eigenvalue weighted by Crippen LogP contribution is -2.48. The molecule has 0 saturated carbocycles. The predicted octanol–water partition coefficient (Wildman–Crippen LogP) is 6.63. The second kappa shape index (κ2) is 9.03. The third-order valence-corrected chi connectivity index (χ3v) is 5.93. The molecule has 0 amide bonds. The summed E-state index contributed by atoms with van der Waals surface area (Å²) in [6, 6.07) is 30.6. The first-order valence-electron chi connectivity index (χ1n) is 10.1. The maximum absolute atomic E-state index is 12.5. The molecule has 3 rings (SSSR count). The fourth-order valence-electron chi connectivity index (χ4n) is 4.27. The number of benzene rings is 3. The highest BCUT2D eigenvalue weighted by molar-refractivity contribution is 5.45. The lowest BCUT2D eigenvalue weighted by molar-refractivity contribution is -0.00606. The molecule has 0 heterocycles. The predicted molar refractivity (Wildman–Crippen MR) is 118 cm³/mol. The first-order chi connectivity index (χ1) is 13.6. The van der Waals surface area contributed by atoms with Gasteiger partial charge in [0, 0.05) is 5.41 Å². The lowest BCUT2D eigenvalue weighted by Gasteiger charge is -2.47. The summed E-state index contributed by atoms with van der Waals surface area (Å²) in [5, 5.41) is 12.5. The molecule has 1 N–H and O–H groups in total. The van der Waals surface area contributed by atoms with Crippen molar-refractivity contribution in [3.8, 4) is 0 Å². The van der Waals surface area contributed by atoms with Crippen LogP contribution in [0.5, 0.6) is 0 Å². The summed E-state index contributed by atoms with van der Waals surface area (Å²) in [5.74, 6) is 0. The minimum Gasteiger partial charge on any atom is -0.379 e. The second-order valence-corrected chi connectivity index (χ2v) is 7.68. The van der Waals surface area contributed by atoms with Gasteiger partial charge in [-0.2, -0.15) is 0 Å². The average molecular weight is 371 g/mol. The zero-order valence-corrected chi connectivity index (χ0v) is 16.7. The van der Waals surface area contributed by atoms with Crippen LogP contribution in [0.15, 0.2) is 104 Å². The van der Waals surface area contributed by atoms with Gasteiger partial charge in [-0.05, 0) is 36.0 Å². The Hall–Kier alpha value is -2.64. The molecular formula is C27H30O. The molecule has 0 bridgehead atoms. The average Bonchev–Trinajstić information content (AvgIpc) is 2.77. The quantitative estimate of drug-likeness (QED) is 0.331. The number of rotatable bonds is 9. The van der Waals surface area contributed by atoms with Gasteiger partial charge < -0.3 is 5.11 Å². The van der Waals surface area contributed by atoms with Gasteiger partial charge in [-0.1, -0.05) is 110 Å². The summed E-state index contributed by atoms with van der Waals surface area (Å²) in [6.45, 7) is 6.05. The smallest absolute Gasteiger partial charge is 0.124 e. The van der Waals surface area contributed by atoms with E-state index in [1.807, 2.05) is 72.8 Å². The molecule has 0 aliphatic rings. The Morgan fingerprint density at radius 1 is 0.714 bits per heavy atom. The second-order valence-electron chi connectivity index (χ2n) is 7.68. The summed E-state index contributed by atoms with van der Waals surface area (Å²) >= 11 is 0. The first-order valence-corrected chi connectivity index (χ1v) is 10.1. The fourth-order valence-corrected chi connectivity index (χ4v) is 4.27. The monoisotopic (exact) mass is 370 g/mol. The number of unbranched alkanes of at least 4 members (excludes halogenated alkanes) is 2. The third kappa shape index (κ3) is 3.81. The van der Waals surface area contributed by atoms with E-state index in [0.29, 0.717) is 0 Å². The van der Waals surface area contributed by atoms with E-state index < -0.39 is 11.0 Å². The first kappa shape index (κ1) is 20.1. The van der Waals surface area contributed by atoms with Gasteiger partial charge in [0.2, 0.25) is 0 Å². The Bertz CT molecular complexity index is 815. The van der Waals surface area contributed by atoms with Crippen LogP contribution in [0.4, 0.5) is 0 Å². The highest BCUT2D eigenvalue weighted by atomic mass is 16.3. The van der Waals surface area contributed by atoms with Crippen molar-refractivity contribution >= 4 is 0 Å². The number of hydrogen-bond donors (Lipinski definition) is 1. The lowest BCUT2D eigenvalue weighted by atomic mass is 9.60. The Kier molecular flexibility index (Phi) is 6.49. The van der Waals surface area contributed by atoms with Gasteiger partial charge >= 0.3 is 0 Å². The molecule has 0 aliphatic carbocycles. The van der Waals surface area contributed by atoms with Crippen molar-refractivity contribution in [1.82, 2.24) is 0 Å². The van der Waals surface area contributed by atoms with E-state index in [9.17, 15) is 5.11 Å². The van der Waals surface area contributed by atoms with Crippen molar-refractivity contribution in [3.63, 3.8) is 0 Å². The molecule has 1 atom stereocenters. The van der Waals surface area contributed by atoms with E-state index in [1.165, 1.54) is 0 Å². The SMILES string of the molecule is C=CCCCC[C@@](C)(c1ccccc1)C(O)(c1ccccc1)c1ccccc1. The van der Waals surface area contributed by atoms with Gasteiger partial charge in [-0.3, -0.25) is 0 Å². The van der Waals surface area contributed by atoms with Gasteiger partial charge in [0.05, 0.1) is 0 Å². The molecule has 0 spiro atoms. The minimum absolute atomic E-state index is 0.474. The van der Waals surface area contributed by atoms with Crippen molar-refractivity contribution in [2.45, 2.75) is 43.6 Å². The molecular weight excluding hydrogens is 340 g/mol. The molecule has 0 radical (unpaired) electrons. The normalized spacial score (nSPS) is 13.6. The van der Waals surface area contributed by atoms with Gasteiger partial charge in [-0.25, -0.2) is 0 Å². The van der Waals surface area contributed by atoms with E-state index in [0.717, 1.165) is 42.4 Å². The molecule has 144 valence electrons. The summed E-state index contributed by atoms with van der Waals surface area (Å²) in [4.78, 5) is 0. The Labute approximate surface area is 169 Å². The van der Waals surface area contributed by atoms with Gasteiger partial charge in [0.15, 0.2) is 0 Å². The molecule has 3 aromatic carbocycles. The van der Waals surface area contributed by atoms with Gasteiger partial charge in [-0.15, -0.1) is 6.58 Å². The van der Waals surface area contributed by atoms with Crippen LogP contribution in [0.2, 0.25) is 0 Å². The van der Waals surface area contributed by atoms with Crippen molar-refractivity contribution in [2.75, 3.05) is 0 Å². The topological polar surface area (TPSA) is 20.2 Å². The number of aliphatic hydroxyl groups is 1. The maximum atomic E-state index is 12.5. The highest BCUT2D eigenvalue weighted by Gasteiger charge is 2.49. The molecule has 1 nitrogen and oxygen atoms in total. The molecule has 0 unspecified atom stereocenters. The van der Waals surface area contributed by atoms with Crippen molar-refractivity contribution < 1.29 is 5.11 Å². The van der Waals surface area contributed by atoms with Crippen LogP contribution in [0.1, 0.15) is 49.3 Å². The standard InChI is InChI=1S/C27H30O/c1-3-4-5-15-22-26(2,23-16-9-6-10-17-23)27(28,24-18-11-7-12-19-24)25-20-13-8-14-21-25/h3,6-14,16-21,28H,1,4-5,15,22H2,2H3/t26-/m0/s1. The van der Waals surface area contributed by atoms with Crippen LogP contribution in [0.25, 0.3) is 0 Å². The fraction of sp³-hybridized carbons (Fsp3) is 0.259. The summed E-state index contributed by atoms with van der Waals surface area (Å²) in [5.41, 5.74) is 1.40. The molecule has 0 aromatic heterocycles. The number of hydrogen-bond acceptors (Lipinski definition) is 1. The van der Waals surface area contributed by atoms with E-state index in [4.69, 9.17) is 0 Å². The molecule has 3 aromatic rings. The van der Waals surface area contributed by atoms with Crippen LogP contribution >= 0.6 is 0 Å². The largest absolute Gasteiger partial charge is 0.379 e. The van der Waals surface area contributed by atoms with E-state index in [1.54, 1.807) is 0 Å². The van der Waals surface area contributed by atoms with Crippen LogP contribution in [-0.2, 0) is 11.0 Å². The van der Waals surface area contributed by atoms with Gasteiger partial charge in [0.25, 0.3) is 0 Å². The maximum Gasteiger partial charge on any atom is 0.124 e. The van der Waals surface area contributed by atoms with Gasteiger partial charge in [0.1, 0.15) is 5.60 Å². The van der Waals surface area contributed by atoms with Crippen molar-refractivity contribution in [3.05, 3.63) is 120 Å². The molecule has 1 heteroatoms. The van der Waals surface area contributed by atoms with Crippen molar-refractivity contribution in [1.29, 1.82) is 0 Å². The Morgan fingerprint density at radius 3 is 1.57 bits per heavy atom. The van der Waals surface area contributed by atoms with Crippen LogP contribution in [-0.4, -0.2) is 5.11 Å². The number of allylic oxidation sites excluding steroid dienone is 1. The third-order valence-electron chi connectivity index (χ3n) is 5.93. The van der Waals surface area contributed by atoms with E-state index in [-0.39, 0.29) is 0 Å². The summed E-state index contributed by atoms with van der Waals surface area (Å²) in [6.07, 6.45) is 5.95. The zero-order chi connectivity index (χ0) is 19.9. The zero-order valence-electron chi connectivity index (χ0n) is 16.7. The van der Waals surface area contributed by atoms with E-state index >= 15 is 0 Å². The molecule has 0 aliphatic heterocycles. The Balaban J connectivity index is 2.18. The molecule has 0 fully saturated rings. The van der Waals surface area contributed by atoms with E-state index in [2.05, 4.69) is 37.8 Å².